The van der Waals surface area contributed by atoms with E-state index in [-0.39, 0.29) is 73.9 Å². The van der Waals surface area contributed by atoms with Gasteiger partial charge in [-0.05, 0) is 103 Å². The standard InChI is InChI=1S/C62H81F2N13O9/c1-6-9-10-13-53(78)75-54(39(4)5)58(82)74-50(12-11-25-67-60(66)84)57(81)71-47-22-16-41(17-23-47)36-86-61(85)70-38-62(63,64)37-69-55(79)42-18-14-40(15-19-42)34-76-28-24-49-46(35-76)30-48(33-68-49)72-56(80)44-21-20-43-29-45(32-52(65)73-51(43)31-44)59(83)77(26-7-2)27-8-3/h14-23,29-31,33,39,50,54H,6-13,24-28,32,34-38H2,1-5H3,(H2,65,73)(H,69,79)(H,70,85)(H,71,81)(H,72,80)(H,74,82)(H,75,78)(H3,66,67,84). The number of carbonyl (C=O) groups is 8. The van der Waals surface area contributed by atoms with Crippen molar-refractivity contribution in [3.8, 4) is 0 Å². The van der Waals surface area contributed by atoms with Crippen molar-refractivity contribution in [3.63, 3.8) is 0 Å². The van der Waals surface area contributed by atoms with Crippen molar-refractivity contribution in [1.29, 1.82) is 0 Å². The fraction of sp³-hybridized carbons (Fsp3) is 0.452. The van der Waals surface area contributed by atoms with Gasteiger partial charge in [0.1, 0.15) is 24.5 Å². The molecule has 9 amide bonds. The summed E-state index contributed by atoms with van der Waals surface area (Å²) in [6.45, 7) is 10.3. The number of hydrogen-bond acceptors (Lipinski definition) is 13. The van der Waals surface area contributed by atoms with E-state index in [0.29, 0.717) is 84.9 Å². The molecule has 0 aliphatic carbocycles. The molecular weight excluding hydrogens is 1110 g/mol. The molecule has 2 atom stereocenters. The van der Waals surface area contributed by atoms with Crippen molar-refractivity contribution in [3.05, 3.63) is 124 Å². The highest BCUT2D eigenvalue weighted by Crippen LogP contribution is 2.30. The Labute approximate surface area is 500 Å². The predicted molar refractivity (Wildman–Crippen MR) is 324 cm³/mol. The number of amidine groups is 1. The van der Waals surface area contributed by atoms with Gasteiger partial charge in [-0.15, -0.1) is 0 Å². The second kappa shape index (κ2) is 32.5. The number of benzene rings is 3. The number of nitrogens with one attached hydrogen (secondary N) is 7. The molecule has 0 radical (unpaired) electrons. The number of halogens is 2. The second-order valence-corrected chi connectivity index (χ2v) is 21.9. The van der Waals surface area contributed by atoms with Crippen LogP contribution in [0.1, 0.15) is 141 Å². The van der Waals surface area contributed by atoms with Crippen LogP contribution >= 0.6 is 0 Å². The first-order valence-electron chi connectivity index (χ1n) is 29.3. The number of pyridine rings is 1. The number of rotatable bonds is 30. The summed E-state index contributed by atoms with van der Waals surface area (Å²) in [5.74, 6) is -6.10. The molecule has 11 N–H and O–H groups in total. The summed E-state index contributed by atoms with van der Waals surface area (Å²) in [7, 11) is 0. The van der Waals surface area contributed by atoms with Gasteiger partial charge >= 0.3 is 12.1 Å². The van der Waals surface area contributed by atoms with Crippen LogP contribution in [0.15, 0.2) is 89.6 Å². The Morgan fingerprint density at radius 1 is 0.767 bits per heavy atom. The van der Waals surface area contributed by atoms with E-state index < -0.39 is 60.9 Å². The Hall–Kier alpha value is -8.80. The van der Waals surface area contributed by atoms with Crippen molar-refractivity contribution in [1.82, 2.24) is 41.4 Å². The van der Waals surface area contributed by atoms with Crippen LogP contribution in [0.5, 0.6) is 0 Å². The number of nitrogens with two attached hydrogens (primary N) is 2. The van der Waals surface area contributed by atoms with Crippen LogP contribution in [-0.4, -0.2) is 125 Å². The van der Waals surface area contributed by atoms with Crippen LogP contribution in [0, 0.1) is 5.92 Å². The molecule has 4 aromatic rings. The molecule has 86 heavy (non-hydrogen) atoms. The molecule has 0 saturated carbocycles. The lowest BCUT2D eigenvalue weighted by molar-refractivity contribution is -0.132. The maximum Gasteiger partial charge on any atom is 0.407 e. The highest BCUT2D eigenvalue weighted by atomic mass is 19.3. The van der Waals surface area contributed by atoms with Gasteiger partial charge in [0.2, 0.25) is 23.6 Å². The SMILES string of the molecule is CCCCCC(=O)NC(C(=O)NC(CCCNC(N)=O)C(=O)Nc1ccc(COC(=O)NCC(F)(F)CNC(=O)c2ccc(CN3CCc4ncc(NC(=O)c5ccc6c(c5)N=C(N)CC(C(=O)N(CCC)CCC)=C6)cc4C3)cc2)cc1)C(C)C. The minimum atomic E-state index is -3.54. The average Bonchev–Trinajstić information content (AvgIpc) is 2.94. The van der Waals surface area contributed by atoms with E-state index in [2.05, 4.69) is 46.8 Å². The molecule has 1 aromatic heterocycles. The molecule has 2 aliphatic heterocycles. The van der Waals surface area contributed by atoms with E-state index in [1.165, 1.54) is 12.1 Å². The van der Waals surface area contributed by atoms with E-state index in [0.717, 1.165) is 42.5 Å². The van der Waals surface area contributed by atoms with E-state index in [4.69, 9.17) is 16.2 Å². The number of urea groups is 1. The number of nitrogens with zero attached hydrogens (tertiary/aromatic N) is 4. The van der Waals surface area contributed by atoms with Crippen LogP contribution in [0.25, 0.3) is 6.08 Å². The van der Waals surface area contributed by atoms with Crippen molar-refractivity contribution in [2.75, 3.05) is 49.9 Å². The van der Waals surface area contributed by atoms with Gasteiger partial charge in [0.15, 0.2) is 0 Å². The molecule has 2 unspecified atom stereocenters. The van der Waals surface area contributed by atoms with Crippen molar-refractivity contribution in [2.45, 2.75) is 137 Å². The summed E-state index contributed by atoms with van der Waals surface area (Å²) in [5.41, 5.74) is 17.7. The summed E-state index contributed by atoms with van der Waals surface area (Å²) in [6.07, 6.45) is 7.98. The zero-order chi connectivity index (χ0) is 62.3. The number of alkyl halides is 2. The van der Waals surface area contributed by atoms with Gasteiger partial charge < -0.3 is 58.3 Å². The molecule has 0 saturated heterocycles. The molecule has 3 heterocycles. The van der Waals surface area contributed by atoms with Crippen molar-refractivity contribution < 1.29 is 51.9 Å². The topological polar surface area (TPSA) is 314 Å². The van der Waals surface area contributed by atoms with Crippen LogP contribution in [-0.2, 0) is 50.0 Å². The second-order valence-electron chi connectivity index (χ2n) is 21.9. The number of hydrogen-bond donors (Lipinski definition) is 9. The molecular formula is C62H81F2N13O9. The number of alkyl carbamates (subject to hydrolysis) is 1. The van der Waals surface area contributed by atoms with Gasteiger partial charge in [0.05, 0.1) is 30.7 Å². The maximum atomic E-state index is 14.9. The Kier molecular flexibility index (Phi) is 25.0. The lowest BCUT2D eigenvalue weighted by Gasteiger charge is -2.28. The van der Waals surface area contributed by atoms with Crippen LogP contribution in [0.2, 0.25) is 0 Å². The summed E-state index contributed by atoms with van der Waals surface area (Å²) in [6, 6.07) is 17.0. The molecule has 6 rings (SSSR count). The first-order valence-corrected chi connectivity index (χ1v) is 29.3. The number of anilines is 2. The Morgan fingerprint density at radius 3 is 2.15 bits per heavy atom. The van der Waals surface area contributed by atoms with Crippen molar-refractivity contribution in [2.24, 2.45) is 22.4 Å². The van der Waals surface area contributed by atoms with Gasteiger partial charge in [-0.2, -0.15) is 0 Å². The highest BCUT2D eigenvalue weighted by Gasteiger charge is 2.32. The maximum absolute atomic E-state index is 14.9. The molecule has 0 bridgehead atoms. The van der Waals surface area contributed by atoms with E-state index in [9.17, 15) is 47.1 Å². The third-order valence-electron chi connectivity index (χ3n) is 14.3. The molecule has 2 aliphatic rings. The zero-order valence-electron chi connectivity index (χ0n) is 49.6. The number of ether oxygens (including phenoxy) is 1. The Bertz CT molecular complexity index is 3090. The summed E-state index contributed by atoms with van der Waals surface area (Å²) in [4.78, 5) is 116. The monoisotopic (exact) mass is 1190 g/mol. The van der Waals surface area contributed by atoms with Crippen LogP contribution in [0.3, 0.4) is 0 Å². The minimum Gasteiger partial charge on any atom is -0.445 e. The number of fused-ring (bicyclic) bond motifs is 2. The summed E-state index contributed by atoms with van der Waals surface area (Å²) < 4.78 is 35.0. The fourth-order valence-electron chi connectivity index (χ4n) is 9.69. The van der Waals surface area contributed by atoms with Gasteiger partial charge in [-0.3, -0.25) is 38.7 Å². The molecule has 0 fully saturated rings. The molecule has 0 spiro atoms. The number of amides is 9. The number of unbranched alkanes of at least 4 members (excludes halogenated alkanes) is 2. The quantitative estimate of drug-likeness (QED) is 0.0234. The van der Waals surface area contributed by atoms with Gasteiger partial charge in [0, 0.05) is 92.2 Å². The summed E-state index contributed by atoms with van der Waals surface area (Å²) in [5, 5.41) is 17.9. The molecule has 462 valence electrons. The first-order chi connectivity index (χ1) is 41.1. The third-order valence-corrected chi connectivity index (χ3v) is 14.3. The number of carbonyl (C=O) groups excluding carboxylic acids is 8. The Morgan fingerprint density at radius 2 is 1.47 bits per heavy atom. The number of aliphatic imine (C=N–C) groups is 1. The van der Waals surface area contributed by atoms with E-state index in [1.54, 1.807) is 80.7 Å². The van der Waals surface area contributed by atoms with Crippen molar-refractivity contribution >= 4 is 76.5 Å². The fourth-order valence-corrected chi connectivity index (χ4v) is 9.69. The minimum absolute atomic E-state index is 0.0738. The third kappa shape index (κ3) is 20.8. The first kappa shape index (κ1) is 66.3. The number of primary amides is 1. The average molecular weight is 1190 g/mol. The summed E-state index contributed by atoms with van der Waals surface area (Å²) >= 11 is 0. The number of aromatic nitrogens is 1. The smallest absolute Gasteiger partial charge is 0.407 e. The van der Waals surface area contributed by atoms with Crippen LogP contribution < -0.4 is 48.7 Å². The molecule has 22 nitrogen and oxygen atoms in total. The molecule has 24 heteroatoms. The normalized spacial score (nSPS) is 13.7. The van der Waals surface area contributed by atoms with Crippen LogP contribution in [0.4, 0.5) is 35.4 Å². The van der Waals surface area contributed by atoms with E-state index in [1.807, 2.05) is 37.1 Å². The Balaban J connectivity index is 0.925. The van der Waals surface area contributed by atoms with Gasteiger partial charge in [-0.1, -0.05) is 77.8 Å². The van der Waals surface area contributed by atoms with E-state index >= 15 is 0 Å². The van der Waals surface area contributed by atoms with Gasteiger partial charge in [-0.25, -0.2) is 23.4 Å². The lowest BCUT2D eigenvalue weighted by atomic mass is 10.0. The zero-order valence-corrected chi connectivity index (χ0v) is 49.6. The largest absolute Gasteiger partial charge is 0.445 e. The molecule has 3 aromatic carbocycles. The highest BCUT2D eigenvalue weighted by molar-refractivity contribution is 6.08. The predicted octanol–water partition coefficient (Wildman–Crippen LogP) is 7.20. The lowest BCUT2D eigenvalue weighted by Crippen LogP contribution is -2.54. The van der Waals surface area contributed by atoms with Gasteiger partial charge in [0.25, 0.3) is 17.7 Å².